The zero-order valence-corrected chi connectivity index (χ0v) is 11.3. The van der Waals surface area contributed by atoms with Gasteiger partial charge < -0.3 is 5.73 Å². The number of nitrogen functional groups attached to an aromatic ring is 1. The molecule has 0 aliphatic carbocycles. The molecule has 2 aromatic carbocycles. The predicted octanol–water partition coefficient (Wildman–Crippen LogP) is 4.59. The highest BCUT2D eigenvalue weighted by atomic mass is 32.2. The molecule has 0 amide bonds. The van der Waals surface area contributed by atoms with Crippen molar-refractivity contribution >= 4 is 23.5 Å². The zero-order valence-electron chi connectivity index (χ0n) is 10.5. The third kappa shape index (κ3) is 3.41. The van der Waals surface area contributed by atoms with Crippen LogP contribution in [0.25, 0.3) is 6.08 Å². The Kier molecular flexibility index (Phi) is 4.48. The van der Waals surface area contributed by atoms with Gasteiger partial charge in [0, 0.05) is 16.3 Å². The maximum atomic E-state index is 5.92. The van der Waals surface area contributed by atoms with Gasteiger partial charge in [-0.2, -0.15) is 0 Å². The number of rotatable bonds is 4. The Hall–Kier alpha value is -1.67. The number of thioether (sulfide) groups is 1. The monoisotopic (exact) mass is 255 g/mol. The lowest BCUT2D eigenvalue weighted by Crippen LogP contribution is -1.89. The normalized spacial score (nSPS) is 10.9. The van der Waals surface area contributed by atoms with E-state index in [2.05, 4.69) is 36.4 Å². The number of hydrogen-bond acceptors (Lipinski definition) is 2. The van der Waals surface area contributed by atoms with Crippen molar-refractivity contribution in [1.82, 2.24) is 0 Å². The van der Waals surface area contributed by atoms with E-state index >= 15 is 0 Å². The Morgan fingerprint density at radius 2 is 1.89 bits per heavy atom. The highest BCUT2D eigenvalue weighted by molar-refractivity contribution is 7.98. The fraction of sp³-hybridized carbons (Fsp3) is 0.125. The average molecular weight is 255 g/mol. The summed E-state index contributed by atoms with van der Waals surface area (Å²) >= 11 is 1.83. The van der Waals surface area contributed by atoms with Gasteiger partial charge in [-0.15, -0.1) is 11.8 Å². The van der Waals surface area contributed by atoms with E-state index in [9.17, 15) is 0 Å². The zero-order chi connectivity index (χ0) is 12.8. The van der Waals surface area contributed by atoms with Crippen LogP contribution < -0.4 is 5.73 Å². The molecule has 0 fully saturated rings. The van der Waals surface area contributed by atoms with Crippen LogP contribution in [0.15, 0.2) is 59.5 Å². The lowest BCUT2D eigenvalue weighted by Gasteiger charge is -2.05. The van der Waals surface area contributed by atoms with Gasteiger partial charge in [-0.05, 0) is 36.2 Å². The molecule has 0 saturated heterocycles. The molecule has 0 atom stereocenters. The van der Waals surface area contributed by atoms with Crippen LogP contribution in [0.4, 0.5) is 5.69 Å². The van der Waals surface area contributed by atoms with Gasteiger partial charge in [-0.1, -0.05) is 42.5 Å². The van der Waals surface area contributed by atoms with Gasteiger partial charge in [-0.3, -0.25) is 0 Å². The Morgan fingerprint density at radius 3 is 2.61 bits per heavy atom. The van der Waals surface area contributed by atoms with Crippen LogP contribution in [0.1, 0.15) is 18.1 Å². The van der Waals surface area contributed by atoms with Crippen LogP contribution >= 0.6 is 11.8 Å². The number of benzene rings is 2. The van der Waals surface area contributed by atoms with Gasteiger partial charge in [0.15, 0.2) is 0 Å². The summed E-state index contributed by atoms with van der Waals surface area (Å²) in [5.41, 5.74) is 9.19. The molecule has 1 nitrogen and oxygen atoms in total. The van der Waals surface area contributed by atoms with Crippen molar-refractivity contribution in [2.24, 2.45) is 0 Å². The van der Waals surface area contributed by atoms with E-state index < -0.39 is 0 Å². The fourth-order valence-corrected chi connectivity index (χ4v) is 2.61. The number of allylic oxidation sites excluding steroid dienone is 1. The second-order valence-electron chi connectivity index (χ2n) is 4.06. The Balaban J connectivity index is 2.08. The van der Waals surface area contributed by atoms with Crippen molar-refractivity contribution in [1.29, 1.82) is 0 Å². The first-order valence-electron chi connectivity index (χ1n) is 5.98. The molecule has 2 aromatic rings. The first kappa shape index (κ1) is 12.8. The summed E-state index contributed by atoms with van der Waals surface area (Å²) in [5.74, 6) is 0.986. The van der Waals surface area contributed by atoms with Crippen LogP contribution in [0.3, 0.4) is 0 Å². The third-order valence-corrected chi connectivity index (χ3v) is 3.72. The van der Waals surface area contributed by atoms with Crippen LogP contribution in [0.2, 0.25) is 0 Å². The molecule has 18 heavy (non-hydrogen) atoms. The first-order valence-corrected chi connectivity index (χ1v) is 6.97. The minimum atomic E-state index is 0.831. The summed E-state index contributed by atoms with van der Waals surface area (Å²) in [7, 11) is 0. The summed E-state index contributed by atoms with van der Waals surface area (Å²) in [4.78, 5) is 1.25. The van der Waals surface area contributed by atoms with E-state index in [1.807, 2.05) is 43.0 Å². The lowest BCUT2D eigenvalue weighted by atomic mass is 10.2. The fourth-order valence-electron chi connectivity index (χ4n) is 1.71. The molecule has 0 unspecified atom stereocenters. The molecule has 0 aromatic heterocycles. The minimum absolute atomic E-state index is 0.831. The van der Waals surface area contributed by atoms with E-state index in [1.165, 1.54) is 10.5 Å². The van der Waals surface area contributed by atoms with Gasteiger partial charge in [0.25, 0.3) is 0 Å². The molecule has 0 saturated carbocycles. The predicted molar refractivity (Wildman–Crippen MR) is 81.6 cm³/mol. The molecule has 2 N–H and O–H groups in total. The summed E-state index contributed by atoms with van der Waals surface area (Å²) in [6.45, 7) is 2.00. The molecule has 0 spiro atoms. The van der Waals surface area contributed by atoms with Crippen molar-refractivity contribution in [3.63, 3.8) is 0 Å². The van der Waals surface area contributed by atoms with Crippen LogP contribution in [0, 0.1) is 0 Å². The van der Waals surface area contributed by atoms with E-state index in [4.69, 9.17) is 5.73 Å². The Morgan fingerprint density at radius 1 is 1.11 bits per heavy atom. The quantitative estimate of drug-likeness (QED) is 0.638. The topological polar surface area (TPSA) is 26.0 Å². The molecule has 0 aliphatic heterocycles. The molecule has 92 valence electrons. The van der Waals surface area contributed by atoms with Gasteiger partial charge in [-0.25, -0.2) is 0 Å². The number of nitrogens with two attached hydrogens (primary N) is 1. The van der Waals surface area contributed by atoms with E-state index in [0.717, 1.165) is 17.0 Å². The second kappa shape index (κ2) is 6.31. The van der Waals surface area contributed by atoms with Crippen molar-refractivity contribution in [2.45, 2.75) is 17.6 Å². The lowest BCUT2D eigenvalue weighted by molar-refractivity contribution is 1.38. The number of anilines is 1. The smallest absolute Gasteiger partial charge is 0.0388 e. The Labute approximate surface area is 113 Å². The average Bonchev–Trinajstić information content (AvgIpc) is 2.41. The van der Waals surface area contributed by atoms with Crippen LogP contribution in [0.5, 0.6) is 0 Å². The van der Waals surface area contributed by atoms with Crippen molar-refractivity contribution < 1.29 is 0 Å². The molecular formula is C16H17NS. The van der Waals surface area contributed by atoms with Gasteiger partial charge in [0.1, 0.15) is 0 Å². The van der Waals surface area contributed by atoms with E-state index in [1.54, 1.807) is 0 Å². The summed E-state index contributed by atoms with van der Waals surface area (Å²) < 4.78 is 0. The third-order valence-electron chi connectivity index (χ3n) is 2.65. The standard InChI is InChI=1S/C16H17NS/c1-2-6-14-11-15(9-10-16(14)17)18-12-13-7-4-3-5-8-13/h2-11H,12,17H2,1H3/b6-2+. The van der Waals surface area contributed by atoms with Gasteiger partial charge in [0.05, 0.1) is 0 Å². The highest BCUT2D eigenvalue weighted by Gasteiger charge is 2.00. The molecule has 2 rings (SSSR count). The van der Waals surface area contributed by atoms with Crippen molar-refractivity contribution in [3.05, 3.63) is 65.7 Å². The largest absolute Gasteiger partial charge is 0.398 e. The minimum Gasteiger partial charge on any atom is -0.398 e. The van der Waals surface area contributed by atoms with Gasteiger partial charge >= 0.3 is 0 Å². The maximum Gasteiger partial charge on any atom is 0.0388 e. The van der Waals surface area contributed by atoms with Gasteiger partial charge in [0.2, 0.25) is 0 Å². The van der Waals surface area contributed by atoms with Crippen LogP contribution in [-0.4, -0.2) is 0 Å². The molecule has 0 bridgehead atoms. The van der Waals surface area contributed by atoms with Crippen molar-refractivity contribution in [2.75, 3.05) is 5.73 Å². The molecular weight excluding hydrogens is 238 g/mol. The maximum absolute atomic E-state index is 5.92. The summed E-state index contributed by atoms with van der Waals surface area (Å²) in [6.07, 6.45) is 4.05. The second-order valence-corrected chi connectivity index (χ2v) is 5.11. The molecule has 0 radical (unpaired) electrons. The highest BCUT2D eigenvalue weighted by Crippen LogP contribution is 2.26. The SMILES string of the molecule is C/C=C/c1cc(SCc2ccccc2)ccc1N. The first-order chi connectivity index (χ1) is 8.79. The number of hydrogen-bond donors (Lipinski definition) is 1. The summed E-state index contributed by atoms with van der Waals surface area (Å²) in [6, 6.07) is 16.7. The Bertz CT molecular complexity index is 532. The molecule has 0 aliphatic rings. The van der Waals surface area contributed by atoms with E-state index in [-0.39, 0.29) is 0 Å². The van der Waals surface area contributed by atoms with Crippen LogP contribution in [-0.2, 0) is 5.75 Å². The molecule has 2 heteroatoms. The van der Waals surface area contributed by atoms with E-state index in [0.29, 0.717) is 0 Å². The molecule has 0 heterocycles. The summed E-state index contributed by atoms with van der Waals surface area (Å²) in [5, 5.41) is 0. The van der Waals surface area contributed by atoms with Crippen molar-refractivity contribution in [3.8, 4) is 0 Å².